The molecule has 0 atom stereocenters. The average molecular weight is 994 g/mol. The van der Waals surface area contributed by atoms with Gasteiger partial charge >= 0.3 is 45.3 Å². The number of hydrogen-bond donors (Lipinski definition) is 0. The first-order chi connectivity index (χ1) is 25.1. The molecule has 0 spiro atoms. The van der Waals surface area contributed by atoms with E-state index in [1.165, 1.54) is 22.3 Å². The first-order valence-electron chi connectivity index (χ1n) is 15.6. The molecule has 0 saturated heterocycles. The molecule has 0 saturated carbocycles. The molecule has 2 aliphatic heterocycles. The maximum Gasteiger partial charge on any atom is 0 e. The Morgan fingerprint density at radius 2 is 0.857 bits per heavy atom. The predicted molar refractivity (Wildman–Crippen MR) is 190 cm³/mol. The fourth-order valence-electron chi connectivity index (χ4n) is 4.12. The predicted octanol–water partition coefficient (Wildman–Crippen LogP) is 14.7. The van der Waals surface area contributed by atoms with Gasteiger partial charge in [-0.1, -0.05) is 61.4 Å². The van der Waals surface area contributed by atoms with Crippen LogP contribution in [0.3, 0.4) is 0 Å². The molecule has 4 aromatic rings. The second-order valence-corrected chi connectivity index (χ2v) is 13.7. The Kier molecular flexibility index (Phi) is 15.3. The van der Waals surface area contributed by atoms with E-state index in [0.29, 0.717) is 12.4 Å². The summed E-state index contributed by atoms with van der Waals surface area (Å²) in [5, 5.41) is 7.09. The molecule has 18 heteroatoms. The number of benzene rings is 2. The summed E-state index contributed by atoms with van der Waals surface area (Å²) in [5.41, 5.74) is 7.24. The summed E-state index contributed by atoms with van der Waals surface area (Å²) in [6, 6.07) is 26.8. The minimum atomic E-state index is -10.7. The van der Waals surface area contributed by atoms with Gasteiger partial charge in [0.1, 0.15) is 0 Å². The van der Waals surface area contributed by atoms with Gasteiger partial charge in [0.15, 0.2) is 0 Å². The van der Waals surface area contributed by atoms with Gasteiger partial charge in [-0.05, 0) is 37.4 Å². The van der Waals surface area contributed by atoms with Crippen LogP contribution in [0.4, 0.5) is 51.5 Å². The van der Waals surface area contributed by atoms with Crippen LogP contribution < -0.4 is 0 Å². The van der Waals surface area contributed by atoms with Gasteiger partial charge in [-0.3, -0.25) is 0 Å². The molecule has 2 aliphatic rings. The first-order valence-corrected chi connectivity index (χ1v) is 17.6. The third-order valence-corrected chi connectivity index (χ3v) is 6.76. The van der Waals surface area contributed by atoms with E-state index < -0.39 is 31.3 Å². The Hall–Kier alpha value is -4.72. The van der Waals surface area contributed by atoms with Crippen molar-refractivity contribution in [2.24, 2.45) is 0 Å². The monoisotopic (exact) mass is 994 g/mol. The molecule has 4 heterocycles. The molecule has 0 bridgehead atoms. The third kappa shape index (κ3) is 18.3. The van der Waals surface area contributed by atoms with E-state index in [-0.39, 0.29) is 31.5 Å². The zero-order valence-corrected chi connectivity index (χ0v) is 32.8. The molecule has 0 fully saturated rings. The van der Waals surface area contributed by atoms with Crippen LogP contribution in [-0.4, -0.2) is 22.3 Å². The van der Waals surface area contributed by atoms with Crippen molar-refractivity contribution in [3.63, 3.8) is 0 Å². The van der Waals surface area contributed by atoms with Crippen molar-refractivity contribution >= 4 is 7.81 Å². The van der Waals surface area contributed by atoms with Gasteiger partial charge < -0.3 is 20.6 Å². The molecule has 4 nitrogen and oxygen atoms in total. The standard InChI is InChI=1S/2C13H12N.C12H6F6N2.F6P.Ir/c2*1-10-3-5-12(6-4-10)13-9-11(2)7-8-14-13;13-11(14,15)7-1-3-9(19-5-7)10-4-2-8(6-20-10)12(16,17)18;1-7(2,3,4,5)6;/h2*3-5,7-9H,1-2H3;1-6H;;/q2*-1;-2;-1;. The molecule has 56 heavy (non-hydrogen) atoms. The first kappa shape index (κ1) is 47.4. The number of aromatic nitrogens is 2. The molecular formula is C38H30F12IrN4P-5. The van der Waals surface area contributed by atoms with Crippen molar-refractivity contribution in [3.8, 4) is 22.5 Å². The van der Waals surface area contributed by atoms with Gasteiger partial charge in [0, 0.05) is 43.6 Å². The number of alkyl halides is 6. The second-order valence-electron chi connectivity index (χ2n) is 11.8. The minimum absolute atomic E-state index is 0. The van der Waals surface area contributed by atoms with Crippen LogP contribution in [0.15, 0.2) is 132 Å². The second kappa shape index (κ2) is 18.0. The van der Waals surface area contributed by atoms with E-state index in [4.69, 9.17) is 0 Å². The van der Waals surface area contributed by atoms with Crippen molar-refractivity contribution in [2.75, 3.05) is 0 Å². The Balaban J connectivity index is 0.000000270. The Morgan fingerprint density at radius 3 is 1.09 bits per heavy atom. The number of halogens is 12. The minimum Gasteiger partial charge on any atom is 0 e. The molecule has 2 aromatic heterocycles. The summed E-state index contributed by atoms with van der Waals surface area (Å²) in [6.45, 7) is 8.26. The number of hydrogen-bond acceptors (Lipinski definition) is 2. The van der Waals surface area contributed by atoms with Crippen LogP contribution in [-0.2, 0) is 20.1 Å². The van der Waals surface area contributed by atoms with Gasteiger partial charge in [-0.15, -0.1) is 70.8 Å². The summed E-state index contributed by atoms with van der Waals surface area (Å²) in [7, 11) is -10.7. The van der Waals surface area contributed by atoms with Crippen LogP contribution in [0, 0.1) is 39.8 Å². The van der Waals surface area contributed by atoms with E-state index >= 15 is 0 Å². The van der Waals surface area contributed by atoms with Gasteiger partial charge in [0.05, 0.1) is 0 Å². The van der Waals surface area contributed by atoms with Crippen molar-refractivity contribution < 1.29 is 71.6 Å². The Labute approximate surface area is 328 Å². The Morgan fingerprint density at radius 1 is 0.518 bits per heavy atom. The van der Waals surface area contributed by atoms with Crippen LogP contribution in [0.2, 0.25) is 0 Å². The molecular weight excluding hydrogens is 964 g/mol. The van der Waals surface area contributed by atoms with Crippen molar-refractivity contribution in [1.82, 2.24) is 9.97 Å². The fourth-order valence-corrected chi connectivity index (χ4v) is 4.12. The van der Waals surface area contributed by atoms with E-state index in [1.54, 1.807) is 0 Å². The smallest absolute Gasteiger partial charge is 0 e. The summed E-state index contributed by atoms with van der Waals surface area (Å²) in [5.74, 6) is 0. The largest absolute Gasteiger partial charge is 0 e. The summed E-state index contributed by atoms with van der Waals surface area (Å²) in [6.07, 6.45) is -0.460. The molecule has 0 aliphatic carbocycles. The van der Waals surface area contributed by atoms with Crippen LogP contribution in [0.5, 0.6) is 0 Å². The normalized spacial score (nSPS) is 16.1. The quantitative estimate of drug-likeness (QED) is 0.114. The van der Waals surface area contributed by atoms with Gasteiger partial charge in [0.25, 0.3) is 0 Å². The molecule has 6 rings (SSSR count). The number of aryl methyl sites for hydroxylation is 4. The molecule has 0 amide bonds. The topological polar surface area (TPSA) is 54.0 Å². The van der Waals surface area contributed by atoms with Gasteiger partial charge in [-0.2, -0.15) is 50.1 Å². The molecule has 305 valence electrons. The van der Waals surface area contributed by atoms with E-state index in [9.17, 15) is 51.5 Å². The zero-order valence-electron chi connectivity index (χ0n) is 29.5. The molecule has 1 radical (unpaired) electrons. The van der Waals surface area contributed by atoms with E-state index in [0.717, 1.165) is 46.8 Å². The Bertz CT molecular complexity index is 1950. The molecule has 0 unspecified atom stereocenters. The maximum absolute atomic E-state index is 12.3. The van der Waals surface area contributed by atoms with E-state index in [1.807, 2.05) is 36.7 Å². The molecule has 0 N–H and O–H groups in total. The van der Waals surface area contributed by atoms with Crippen molar-refractivity contribution in [1.29, 1.82) is 0 Å². The number of rotatable bonds is 2. The van der Waals surface area contributed by atoms with Gasteiger partial charge in [0.2, 0.25) is 0 Å². The zero-order chi connectivity index (χ0) is 41.3. The van der Waals surface area contributed by atoms with Crippen LogP contribution >= 0.6 is 7.81 Å². The van der Waals surface area contributed by atoms with E-state index in [2.05, 4.69) is 96.8 Å². The summed E-state index contributed by atoms with van der Waals surface area (Å²) < 4.78 is 133. The third-order valence-electron chi connectivity index (χ3n) is 6.76. The van der Waals surface area contributed by atoms with Crippen LogP contribution in [0.1, 0.15) is 22.3 Å². The van der Waals surface area contributed by atoms with Crippen molar-refractivity contribution in [2.45, 2.75) is 40.0 Å². The number of nitrogens with zero attached hydrogens (tertiary/aromatic N) is 4. The SMILES string of the molecule is Cc1c[c-]c(-c2cc(C)ccn2)cc1.Cc1c[c-]c(-c2cc(C)ccn2)cc1.FC(F)(F)C1=C[N-]C(=C2C=CC(C(F)(F)F)=C[N-]2)C=C1.F[P-](F)(F)(F)(F)F.[Ir]. The summed E-state index contributed by atoms with van der Waals surface area (Å²) >= 11 is 0. The van der Waals surface area contributed by atoms with Gasteiger partial charge in [-0.25, -0.2) is 0 Å². The number of pyridine rings is 2. The number of allylic oxidation sites excluding steroid dienone is 6. The van der Waals surface area contributed by atoms with Crippen LogP contribution in [0.25, 0.3) is 33.1 Å². The average Bonchev–Trinajstić information content (AvgIpc) is 3.08. The maximum atomic E-state index is 12.3. The van der Waals surface area contributed by atoms with Crippen molar-refractivity contribution in [3.05, 3.63) is 177 Å². The fraction of sp³-hybridized carbons (Fsp3) is 0.158. The summed E-state index contributed by atoms with van der Waals surface area (Å²) in [4.78, 5) is 8.62. The molecule has 2 aromatic carbocycles.